The van der Waals surface area contributed by atoms with Crippen molar-refractivity contribution in [2.24, 2.45) is 11.7 Å². The fraction of sp³-hybridized carbons (Fsp3) is 0.524. The molecule has 7 nitrogen and oxygen atoms in total. The van der Waals surface area contributed by atoms with Gasteiger partial charge in [0.1, 0.15) is 0 Å². The number of hydrogen-bond donors (Lipinski definition) is 4. The highest BCUT2D eigenvalue weighted by Gasteiger charge is 2.28. The van der Waals surface area contributed by atoms with E-state index in [0.29, 0.717) is 6.42 Å². The number of ether oxygens (including phenoxy) is 1. The van der Waals surface area contributed by atoms with Gasteiger partial charge in [-0.3, -0.25) is 9.59 Å². The van der Waals surface area contributed by atoms with Crippen molar-refractivity contribution in [3.63, 3.8) is 0 Å². The third-order valence-electron chi connectivity index (χ3n) is 5.15. The molecule has 1 aromatic carbocycles. The van der Waals surface area contributed by atoms with Crippen molar-refractivity contribution >= 4 is 22.8 Å². The van der Waals surface area contributed by atoms with Gasteiger partial charge in [-0.25, -0.2) is 0 Å². The van der Waals surface area contributed by atoms with Crippen LogP contribution in [0.15, 0.2) is 30.5 Å². The first-order valence-corrected chi connectivity index (χ1v) is 9.81. The summed E-state index contributed by atoms with van der Waals surface area (Å²) in [6.45, 7) is 5.83. The lowest BCUT2D eigenvalue weighted by Crippen LogP contribution is -2.52. The summed E-state index contributed by atoms with van der Waals surface area (Å²) >= 11 is 0. The van der Waals surface area contributed by atoms with Crippen molar-refractivity contribution in [2.75, 3.05) is 6.61 Å². The number of para-hydroxylation sites is 1. The Morgan fingerprint density at radius 2 is 2.00 bits per heavy atom. The minimum Gasteiger partial charge on any atom is -0.466 e. The molecular weight excluding hydrogens is 358 g/mol. The summed E-state index contributed by atoms with van der Waals surface area (Å²) in [5, 5.41) is 14.5. The van der Waals surface area contributed by atoms with E-state index in [2.05, 4.69) is 10.3 Å². The van der Waals surface area contributed by atoms with Gasteiger partial charge < -0.3 is 25.9 Å². The maximum absolute atomic E-state index is 12.6. The highest BCUT2D eigenvalue weighted by Crippen LogP contribution is 2.20. The van der Waals surface area contributed by atoms with Crippen LogP contribution in [0.5, 0.6) is 0 Å². The molecule has 154 valence electrons. The Balaban J connectivity index is 2.19. The normalized spacial score (nSPS) is 15.6. The highest BCUT2D eigenvalue weighted by atomic mass is 16.5. The zero-order chi connectivity index (χ0) is 20.7. The second-order valence-corrected chi connectivity index (χ2v) is 7.17. The van der Waals surface area contributed by atoms with Gasteiger partial charge in [0.2, 0.25) is 5.91 Å². The van der Waals surface area contributed by atoms with Gasteiger partial charge in [-0.15, -0.1) is 0 Å². The number of aromatic amines is 1. The molecule has 0 bridgehead atoms. The lowest BCUT2D eigenvalue weighted by molar-refractivity contribution is -0.146. The minimum absolute atomic E-state index is 0.0101. The number of H-pyrrole nitrogens is 1. The number of hydrogen-bond acceptors (Lipinski definition) is 5. The fourth-order valence-electron chi connectivity index (χ4n) is 3.14. The molecule has 0 spiro atoms. The Kier molecular flexibility index (Phi) is 8.02. The van der Waals surface area contributed by atoms with Crippen LogP contribution in [-0.4, -0.2) is 46.8 Å². The number of aromatic nitrogens is 1. The maximum atomic E-state index is 12.6. The van der Waals surface area contributed by atoms with E-state index in [1.54, 1.807) is 6.92 Å². The first-order chi connectivity index (χ1) is 13.4. The molecule has 0 saturated heterocycles. The Labute approximate surface area is 165 Å². The van der Waals surface area contributed by atoms with Crippen LogP contribution in [0.1, 0.15) is 39.2 Å². The van der Waals surface area contributed by atoms with Crippen LogP contribution >= 0.6 is 0 Å². The van der Waals surface area contributed by atoms with Gasteiger partial charge in [0, 0.05) is 17.1 Å². The molecule has 5 N–H and O–H groups in total. The van der Waals surface area contributed by atoms with Gasteiger partial charge in [0.05, 0.1) is 31.2 Å². The van der Waals surface area contributed by atoms with Crippen molar-refractivity contribution < 1.29 is 19.4 Å². The van der Waals surface area contributed by atoms with Crippen LogP contribution in [0.2, 0.25) is 0 Å². The monoisotopic (exact) mass is 389 g/mol. The average molecular weight is 389 g/mol. The lowest BCUT2D eigenvalue weighted by Gasteiger charge is -2.26. The predicted molar refractivity (Wildman–Crippen MR) is 109 cm³/mol. The highest BCUT2D eigenvalue weighted by molar-refractivity contribution is 5.84. The van der Waals surface area contributed by atoms with E-state index in [4.69, 9.17) is 10.5 Å². The van der Waals surface area contributed by atoms with E-state index in [1.165, 1.54) is 0 Å². The Morgan fingerprint density at radius 1 is 1.29 bits per heavy atom. The molecule has 0 fully saturated rings. The Morgan fingerprint density at radius 3 is 2.68 bits per heavy atom. The molecule has 4 atom stereocenters. The molecule has 7 heteroatoms. The van der Waals surface area contributed by atoms with Crippen molar-refractivity contribution in [1.29, 1.82) is 0 Å². The fourth-order valence-corrected chi connectivity index (χ4v) is 3.14. The van der Waals surface area contributed by atoms with E-state index < -0.39 is 24.2 Å². The van der Waals surface area contributed by atoms with Gasteiger partial charge in [0.15, 0.2) is 0 Å². The molecule has 0 aliphatic heterocycles. The SMILES string of the molecule is CCOC(=O)CC(O)[C@H](Cc1c[nH]c2ccccc12)NC(=O)[C@@H](N)C(C)CC. The number of benzene rings is 1. The van der Waals surface area contributed by atoms with E-state index in [1.807, 2.05) is 44.3 Å². The predicted octanol–water partition coefficient (Wildman–Crippen LogP) is 1.88. The number of amides is 1. The van der Waals surface area contributed by atoms with Crippen LogP contribution in [0.3, 0.4) is 0 Å². The number of nitrogens with two attached hydrogens (primary N) is 1. The number of aliphatic hydroxyl groups is 1. The smallest absolute Gasteiger partial charge is 0.308 e. The summed E-state index contributed by atoms with van der Waals surface area (Å²) in [6, 6.07) is 6.46. The number of nitrogens with one attached hydrogen (secondary N) is 2. The minimum atomic E-state index is -1.08. The summed E-state index contributed by atoms with van der Waals surface area (Å²) in [5.41, 5.74) is 7.96. The molecule has 1 aromatic heterocycles. The van der Waals surface area contributed by atoms with Crippen molar-refractivity contribution in [1.82, 2.24) is 10.3 Å². The Bertz CT molecular complexity index is 789. The molecule has 1 amide bonds. The van der Waals surface area contributed by atoms with Crippen molar-refractivity contribution in [3.05, 3.63) is 36.0 Å². The first kappa shape index (κ1) is 21.9. The number of rotatable bonds is 10. The molecule has 0 saturated carbocycles. The molecule has 0 aliphatic rings. The van der Waals surface area contributed by atoms with Crippen LogP contribution < -0.4 is 11.1 Å². The summed E-state index contributed by atoms with van der Waals surface area (Å²) in [4.78, 5) is 27.6. The van der Waals surface area contributed by atoms with Crippen molar-refractivity contribution in [2.45, 2.75) is 58.2 Å². The zero-order valence-electron chi connectivity index (χ0n) is 16.8. The average Bonchev–Trinajstić information content (AvgIpc) is 3.09. The summed E-state index contributed by atoms with van der Waals surface area (Å²) < 4.78 is 4.93. The quantitative estimate of drug-likeness (QED) is 0.463. The number of aliphatic hydroxyl groups excluding tert-OH is 1. The van der Waals surface area contributed by atoms with Crippen LogP contribution in [-0.2, 0) is 20.7 Å². The number of carbonyl (C=O) groups excluding carboxylic acids is 2. The van der Waals surface area contributed by atoms with Crippen LogP contribution in [0.25, 0.3) is 10.9 Å². The van der Waals surface area contributed by atoms with E-state index >= 15 is 0 Å². The van der Waals surface area contributed by atoms with Crippen LogP contribution in [0, 0.1) is 5.92 Å². The largest absolute Gasteiger partial charge is 0.466 e. The second-order valence-electron chi connectivity index (χ2n) is 7.17. The summed E-state index contributed by atoms with van der Waals surface area (Å²) in [6.07, 6.45) is 1.71. The molecule has 2 unspecified atom stereocenters. The third kappa shape index (κ3) is 5.56. The number of carbonyl (C=O) groups is 2. The lowest BCUT2D eigenvalue weighted by atomic mass is 9.96. The van der Waals surface area contributed by atoms with Crippen molar-refractivity contribution in [3.8, 4) is 0 Å². The standard InChI is InChI=1S/C21H31N3O4/c1-4-13(3)20(22)21(27)24-17(18(25)11-19(26)28-5-2)10-14-12-23-16-9-7-6-8-15(14)16/h6-9,12-13,17-18,20,23,25H,4-5,10-11,22H2,1-3H3,(H,24,27)/t13?,17-,18?,20-/m0/s1. The van der Waals surface area contributed by atoms with Gasteiger partial charge in [-0.1, -0.05) is 38.5 Å². The summed E-state index contributed by atoms with van der Waals surface area (Å²) in [7, 11) is 0. The molecule has 2 aromatic rings. The maximum Gasteiger partial charge on any atom is 0.308 e. The molecule has 2 rings (SSSR count). The summed E-state index contributed by atoms with van der Waals surface area (Å²) in [5.74, 6) is -0.822. The van der Waals surface area contributed by atoms with Gasteiger partial charge in [0.25, 0.3) is 0 Å². The number of esters is 1. The van der Waals surface area contributed by atoms with Crippen LogP contribution in [0.4, 0.5) is 0 Å². The van der Waals surface area contributed by atoms with Gasteiger partial charge >= 0.3 is 5.97 Å². The zero-order valence-corrected chi connectivity index (χ0v) is 16.8. The van der Waals surface area contributed by atoms with E-state index in [0.717, 1.165) is 22.9 Å². The van der Waals surface area contributed by atoms with E-state index in [9.17, 15) is 14.7 Å². The molecule has 28 heavy (non-hydrogen) atoms. The molecular formula is C21H31N3O4. The first-order valence-electron chi connectivity index (χ1n) is 9.81. The number of fused-ring (bicyclic) bond motifs is 1. The van der Waals surface area contributed by atoms with Gasteiger partial charge in [-0.2, -0.15) is 0 Å². The molecule has 0 radical (unpaired) electrons. The van der Waals surface area contributed by atoms with Gasteiger partial charge in [-0.05, 0) is 30.9 Å². The third-order valence-corrected chi connectivity index (χ3v) is 5.15. The topological polar surface area (TPSA) is 117 Å². The van der Waals surface area contributed by atoms with E-state index in [-0.39, 0.29) is 24.9 Å². The molecule has 0 aliphatic carbocycles. The second kappa shape index (κ2) is 10.2. The molecule has 1 heterocycles. The Hall–Kier alpha value is -2.38.